The molecule has 5 nitrogen and oxygen atoms in total. The van der Waals surface area contributed by atoms with Crippen molar-refractivity contribution in [2.45, 2.75) is 0 Å². The maximum Gasteiger partial charge on any atom is 0.146 e. The van der Waals surface area contributed by atoms with Crippen molar-refractivity contribution < 1.29 is 4.74 Å². The highest BCUT2D eigenvalue weighted by Crippen LogP contribution is 2.33. The van der Waals surface area contributed by atoms with Crippen LogP contribution in [0.25, 0.3) is 21.9 Å². The average molecular weight is 304 g/mol. The van der Waals surface area contributed by atoms with Gasteiger partial charge in [0.1, 0.15) is 23.5 Å². The Bertz CT molecular complexity index is 975. The van der Waals surface area contributed by atoms with Gasteiger partial charge in [-0.05, 0) is 30.3 Å². The fourth-order valence-electron chi connectivity index (χ4n) is 2.84. The van der Waals surface area contributed by atoms with E-state index < -0.39 is 0 Å². The zero-order valence-electron chi connectivity index (χ0n) is 12.9. The summed E-state index contributed by atoms with van der Waals surface area (Å²) in [4.78, 5) is 14.3. The highest BCUT2D eigenvalue weighted by Gasteiger charge is 2.15. The number of para-hydroxylation sites is 1. The molecule has 0 atom stereocenters. The number of aromatic amines is 1. The Hall–Kier alpha value is -3.08. The van der Waals surface area contributed by atoms with Crippen LogP contribution in [0.1, 0.15) is 0 Å². The molecule has 0 aliphatic carbocycles. The van der Waals surface area contributed by atoms with Crippen molar-refractivity contribution in [3.05, 3.63) is 54.9 Å². The maximum atomic E-state index is 5.22. The van der Waals surface area contributed by atoms with Crippen LogP contribution in [0, 0.1) is 0 Å². The van der Waals surface area contributed by atoms with E-state index in [1.807, 2.05) is 49.5 Å². The van der Waals surface area contributed by atoms with Gasteiger partial charge in [-0.2, -0.15) is 0 Å². The first-order chi connectivity index (χ1) is 11.3. The Morgan fingerprint density at radius 3 is 2.57 bits per heavy atom. The standard InChI is InChI=1S/C18H16N4O/c1-22(12-7-9-13(23-2)10-8-12)18-16-14-5-3-4-6-15(14)21-17(16)19-11-20-18/h3-11H,1-2H3,(H,19,20,21). The molecule has 4 rings (SSSR count). The number of benzene rings is 2. The fraction of sp³-hybridized carbons (Fsp3) is 0.111. The van der Waals surface area contributed by atoms with Gasteiger partial charge in [0.15, 0.2) is 0 Å². The lowest BCUT2D eigenvalue weighted by Crippen LogP contribution is -2.11. The number of ether oxygens (including phenoxy) is 1. The second-order valence-electron chi connectivity index (χ2n) is 5.35. The number of nitrogens with zero attached hydrogens (tertiary/aromatic N) is 3. The van der Waals surface area contributed by atoms with Gasteiger partial charge >= 0.3 is 0 Å². The number of nitrogens with one attached hydrogen (secondary N) is 1. The molecule has 0 radical (unpaired) electrons. The van der Waals surface area contributed by atoms with Crippen molar-refractivity contribution in [1.29, 1.82) is 0 Å². The molecule has 4 aromatic rings. The Morgan fingerprint density at radius 2 is 1.78 bits per heavy atom. The van der Waals surface area contributed by atoms with Gasteiger partial charge in [0, 0.05) is 23.6 Å². The number of fused-ring (bicyclic) bond motifs is 3. The summed E-state index contributed by atoms with van der Waals surface area (Å²) in [6.45, 7) is 0. The highest BCUT2D eigenvalue weighted by molar-refractivity contribution is 6.11. The van der Waals surface area contributed by atoms with Gasteiger partial charge in [0.05, 0.1) is 12.5 Å². The van der Waals surface area contributed by atoms with Crippen LogP contribution in [0.2, 0.25) is 0 Å². The summed E-state index contributed by atoms with van der Waals surface area (Å²) in [5.74, 6) is 1.71. The van der Waals surface area contributed by atoms with Crippen molar-refractivity contribution in [3.63, 3.8) is 0 Å². The largest absolute Gasteiger partial charge is 0.497 e. The Labute approximate surface area is 133 Å². The van der Waals surface area contributed by atoms with E-state index in [-0.39, 0.29) is 0 Å². The predicted octanol–water partition coefficient (Wildman–Crippen LogP) is 3.89. The molecule has 0 unspecified atom stereocenters. The summed E-state index contributed by atoms with van der Waals surface area (Å²) in [5.41, 5.74) is 2.94. The van der Waals surface area contributed by atoms with Gasteiger partial charge in [0.2, 0.25) is 0 Å². The molecule has 0 fully saturated rings. The van der Waals surface area contributed by atoms with Crippen molar-refractivity contribution in [2.75, 3.05) is 19.1 Å². The van der Waals surface area contributed by atoms with Crippen molar-refractivity contribution in [2.24, 2.45) is 0 Å². The molecular formula is C18H16N4O. The van der Waals surface area contributed by atoms with Crippen LogP contribution in [-0.2, 0) is 0 Å². The van der Waals surface area contributed by atoms with E-state index in [1.54, 1.807) is 13.4 Å². The van der Waals surface area contributed by atoms with Crippen LogP contribution < -0.4 is 9.64 Å². The molecule has 5 heteroatoms. The summed E-state index contributed by atoms with van der Waals surface area (Å²) >= 11 is 0. The molecular weight excluding hydrogens is 288 g/mol. The zero-order valence-corrected chi connectivity index (χ0v) is 12.9. The molecule has 23 heavy (non-hydrogen) atoms. The van der Waals surface area contributed by atoms with E-state index in [1.165, 1.54) is 0 Å². The van der Waals surface area contributed by atoms with Crippen LogP contribution in [0.4, 0.5) is 11.5 Å². The SMILES string of the molecule is COc1ccc(N(C)c2ncnc3[nH]c4ccccc4c23)cc1. The number of H-pyrrole nitrogens is 1. The fourth-order valence-corrected chi connectivity index (χ4v) is 2.84. The third kappa shape index (κ3) is 2.17. The molecule has 0 aliphatic heterocycles. The number of aromatic nitrogens is 3. The van der Waals surface area contributed by atoms with E-state index in [9.17, 15) is 0 Å². The minimum atomic E-state index is 0.835. The number of rotatable bonds is 3. The molecule has 2 aromatic heterocycles. The number of hydrogen-bond donors (Lipinski definition) is 1. The molecule has 0 bridgehead atoms. The van der Waals surface area contributed by atoms with Gasteiger partial charge in [-0.25, -0.2) is 9.97 Å². The lowest BCUT2D eigenvalue weighted by atomic mass is 10.2. The van der Waals surface area contributed by atoms with Crippen molar-refractivity contribution >= 4 is 33.4 Å². The first kappa shape index (κ1) is 13.6. The second kappa shape index (κ2) is 5.28. The highest BCUT2D eigenvalue weighted by atomic mass is 16.5. The van der Waals surface area contributed by atoms with E-state index >= 15 is 0 Å². The molecule has 0 spiro atoms. The monoisotopic (exact) mass is 304 g/mol. The molecule has 0 aliphatic rings. The van der Waals surface area contributed by atoms with Crippen molar-refractivity contribution in [1.82, 2.24) is 15.0 Å². The first-order valence-corrected chi connectivity index (χ1v) is 7.37. The topological polar surface area (TPSA) is 54.0 Å². The van der Waals surface area contributed by atoms with Gasteiger partial charge in [0.25, 0.3) is 0 Å². The Balaban J connectivity index is 1.90. The van der Waals surface area contributed by atoms with E-state index in [0.717, 1.165) is 39.2 Å². The molecule has 1 N–H and O–H groups in total. The van der Waals surface area contributed by atoms with Gasteiger partial charge in [-0.1, -0.05) is 18.2 Å². The second-order valence-corrected chi connectivity index (χ2v) is 5.35. The molecule has 0 saturated heterocycles. The summed E-state index contributed by atoms with van der Waals surface area (Å²) in [7, 11) is 3.67. The van der Waals surface area contributed by atoms with E-state index in [0.29, 0.717) is 0 Å². The summed E-state index contributed by atoms with van der Waals surface area (Å²) in [5, 5.41) is 2.15. The van der Waals surface area contributed by atoms with Crippen LogP contribution >= 0.6 is 0 Å². The predicted molar refractivity (Wildman–Crippen MR) is 92.5 cm³/mol. The van der Waals surface area contributed by atoms with Crippen LogP contribution in [-0.4, -0.2) is 29.1 Å². The van der Waals surface area contributed by atoms with Gasteiger partial charge in [-0.15, -0.1) is 0 Å². The molecule has 0 amide bonds. The summed E-state index contributed by atoms with van der Waals surface area (Å²) < 4.78 is 5.22. The zero-order chi connectivity index (χ0) is 15.8. The van der Waals surface area contributed by atoms with Gasteiger partial charge in [-0.3, -0.25) is 0 Å². The lowest BCUT2D eigenvalue weighted by Gasteiger charge is -2.19. The average Bonchev–Trinajstić information content (AvgIpc) is 3.00. The molecule has 0 saturated carbocycles. The Morgan fingerprint density at radius 1 is 1.00 bits per heavy atom. The van der Waals surface area contributed by atoms with Crippen LogP contribution in [0.15, 0.2) is 54.9 Å². The smallest absolute Gasteiger partial charge is 0.146 e. The first-order valence-electron chi connectivity index (χ1n) is 7.37. The molecule has 114 valence electrons. The van der Waals surface area contributed by atoms with Crippen molar-refractivity contribution in [3.8, 4) is 5.75 Å². The van der Waals surface area contributed by atoms with E-state index in [4.69, 9.17) is 4.74 Å². The summed E-state index contributed by atoms with van der Waals surface area (Å²) in [6.07, 6.45) is 1.59. The minimum absolute atomic E-state index is 0.835. The minimum Gasteiger partial charge on any atom is -0.497 e. The number of anilines is 2. The van der Waals surface area contributed by atoms with E-state index in [2.05, 4.69) is 25.9 Å². The maximum absolute atomic E-state index is 5.22. The summed E-state index contributed by atoms with van der Waals surface area (Å²) in [6, 6.07) is 16.1. The quantitative estimate of drug-likeness (QED) is 0.624. The third-order valence-corrected chi connectivity index (χ3v) is 4.05. The van der Waals surface area contributed by atoms with Crippen LogP contribution in [0.3, 0.4) is 0 Å². The number of hydrogen-bond acceptors (Lipinski definition) is 4. The molecule has 2 heterocycles. The van der Waals surface area contributed by atoms with Crippen LogP contribution in [0.5, 0.6) is 5.75 Å². The Kier molecular flexibility index (Phi) is 3.12. The molecule has 2 aromatic carbocycles. The number of methoxy groups -OCH3 is 1. The lowest BCUT2D eigenvalue weighted by molar-refractivity contribution is 0.415. The van der Waals surface area contributed by atoms with Gasteiger partial charge < -0.3 is 14.6 Å². The normalized spacial score (nSPS) is 11.0. The third-order valence-electron chi connectivity index (χ3n) is 4.05.